The first-order valence-corrected chi connectivity index (χ1v) is 12.4. The maximum atomic E-state index is 12.6. The van der Waals surface area contributed by atoms with Gasteiger partial charge in [0.05, 0.1) is 5.69 Å². The van der Waals surface area contributed by atoms with Gasteiger partial charge in [0.15, 0.2) is 11.5 Å². The van der Waals surface area contributed by atoms with Crippen molar-refractivity contribution < 1.29 is 14.3 Å². The SMILES string of the molecule is CC(C)CCN(CCCNC(=O)Nc1ccccc1-c1ccccc1)Cc1ccc2c(c1)OCO2. The molecule has 0 aliphatic carbocycles. The van der Waals surface area contributed by atoms with Crippen molar-refractivity contribution in [2.24, 2.45) is 5.92 Å². The molecule has 0 saturated heterocycles. The fraction of sp³-hybridized carbons (Fsp3) is 0.345. The summed E-state index contributed by atoms with van der Waals surface area (Å²) in [6, 6.07) is 23.9. The molecule has 3 aromatic rings. The second kappa shape index (κ2) is 12.3. The molecule has 6 nitrogen and oxygen atoms in total. The number of benzene rings is 3. The van der Waals surface area contributed by atoms with Gasteiger partial charge in [0.1, 0.15) is 0 Å². The smallest absolute Gasteiger partial charge is 0.319 e. The van der Waals surface area contributed by atoms with E-state index in [2.05, 4.69) is 41.5 Å². The number of nitrogens with zero attached hydrogens (tertiary/aromatic N) is 1. The van der Waals surface area contributed by atoms with E-state index in [-0.39, 0.29) is 6.03 Å². The molecule has 0 spiro atoms. The highest BCUT2D eigenvalue weighted by Crippen LogP contribution is 2.33. The quantitative estimate of drug-likeness (QED) is 0.328. The van der Waals surface area contributed by atoms with Crippen LogP contribution in [0.4, 0.5) is 10.5 Å². The van der Waals surface area contributed by atoms with Crippen LogP contribution in [0.3, 0.4) is 0 Å². The minimum atomic E-state index is -0.183. The fourth-order valence-corrected chi connectivity index (χ4v) is 4.14. The Hall–Kier alpha value is -3.51. The third-order valence-electron chi connectivity index (χ3n) is 6.06. The number of rotatable bonds is 11. The Balaban J connectivity index is 1.27. The van der Waals surface area contributed by atoms with Crippen LogP contribution in [-0.4, -0.2) is 37.4 Å². The van der Waals surface area contributed by atoms with E-state index in [0.29, 0.717) is 19.3 Å². The molecule has 0 saturated carbocycles. The van der Waals surface area contributed by atoms with Crippen LogP contribution in [-0.2, 0) is 6.54 Å². The summed E-state index contributed by atoms with van der Waals surface area (Å²) in [4.78, 5) is 15.0. The zero-order valence-electron chi connectivity index (χ0n) is 20.6. The summed E-state index contributed by atoms with van der Waals surface area (Å²) in [6.07, 6.45) is 2.01. The molecule has 0 fully saturated rings. The molecule has 1 aliphatic heterocycles. The van der Waals surface area contributed by atoms with Gasteiger partial charge in [-0.05, 0) is 54.6 Å². The minimum Gasteiger partial charge on any atom is -0.454 e. The Morgan fingerprint density at radius 3 is 2.54 bits per heavy atom. The van der Waals surface area contributed by atoms with E-state index in [4.69, 9.17) is 9.47 Å². The lowest BCUT2D eigenvalue weighted by molar-refractivity contribution is 0.174. The maximum Gasteiger partial charge on any atom is 0.319 e. The highest BCUT2D eigenvalue weighted by molar-refractivity contribution is 5.94. The average Bonchev–Trinajstić information content (AvgIpc) is 3.34. The van der Waals surface area contributed by atoms with Crippen LogP contribution in [0.1, 0.15) is 32.3 Å². The molecule has 1 aliphatic rings. The lowest BCUT2D eigenvalue weighted by Gasteiger charge is -2.23. The third kappa shape index (κ3) is 7.23. The van der Waals surface area contributed by atoms with Gasteiger partial charge in [0, 0.05) is 25.2 Å². The summed E-state index contributed by atoms with van der Waals surface area (Å²) in [6.45, 7) is 8.17. The first-order valence-electron chi connectivity index (χ1n) is 12.4. The number of carbonyl (C=O) groups excluding carboxylic acids is 1. The maximum absolute atomic E-state index is 12.6. The van der Waals surface area contributed by atoms with Crippen LogP contribution in [0.5, 0.6) is 11.5 Å². The highest BCUT2D eigenvalue weighted by atomic mass is 16.7. The van der Waals surface area contributed by atoms with Crippen LogP contribution in [0, 0.1) is 5.92 Å². The third-order valence-corrected chi connectivity index (χ3v) is 6.06. The number of amides is 2. The van der Waals surface area contributed by atoms with Crippen molar-refractivity contribution in [1.29, 1.82) is 0 Å². The second-order valence-corrected chi connectivity index (χ2v) is 9.29. The molecule has 2 amide bonds. The van der Waals surface area contributed by atoms with E-state index in [1.807, 2.05) is 60.7 Å². The predicted molar refractivity (Wildman–Crippen MR) is 141 cm³/mol. The lowest BCUT2D eigenvalue weighted by Crippen LogP contribution is -2.33. The predicted octanol–water partition coefficient (Wildman–Crippen LogP) is 6.14. The first kappa shape index (κ1) is 24.6. The van der Waals surface area contributed by atoms with Crippen molar-refractivity contribution in [3.05, 3.63) is 78.4 Å². The molecule has 1 heterocycles. The Bertz CT molecular complexity index is 1100. The van der Waals surface area contributed by atoms with Crippen LogP contribution in [0.25, 0.3) is 11.1 Å². The molecule has 0 atom stereocenters. The Morgan fingerprint density at radius 1 is 0.943 bits per heavy atom. The van der Waals surface area contributed by atoms with Gasteiger partial charge in [-0.15, -0.1) is 0 Å². The molecule has 35 heavy (non-hydrogen) atoms. The molecule has 2 N–H and O–H groups in total. The van der Waals surface area contributed by atoms with Gasteiger partial charge in [-0.3, -0.25) is 4.90 Å². The molecule has 6 heteroatoms. The summed E-state index contributed by atoms with van der Waals surface area (Å²) >= 11 is 0. The standard InChI is InChI=1S/C29H35N3O3/c1-22(2)15-18-32(20-23-13-14-27-28(19-23)35-21-34-27)17-8-16-30-29(33)31-26-12-7-6-11-25(26)24-9-4-3-5-10-24/h3-7,9-14,19,22H,8,15-18,20-21H2,1-2H3,(H2,30,31,33). The van der Waals surface area contributed by atoms with E-state index >= 15 is 0 Å². The molecule has 0 bridgehead atoms. The molecular weight excluding hydrogens is 438 g/mol. The summed E-state index contributed by atoms with van der Waals surface area (Å²) in [7, 11) is 0. The number of ether oxygens (including phenoxy) is 2. The Labute approximate surface area is 208 Å². The van der Waals surface area contributed by atoms with Gasteiger partial charge >= 0.3 is 6.03 Å². The normalized spacial score (nSPS) is 12.2. The zero-order chi connectivity index (χ0) is 24.5. The van der Waals surface area contributed by atoms with Gasteiger partial charge in [-0.25, -0.2) is 4.79 Å². The highest BCUT2D eigenvalue weighted by Gasteiger charge is 2.15. The lowest BCUT2D eigenvalue weighted by atomic mass is 10.0. The van der Waals surface area contributed by atoms with Crippen LogP contribution >= 0.6 is 0 Å². The van der Waals surface area contributed by atoms with E-state index < -0.39 is 0 Å². The Kier molecular flexibility index (Phi) is 8.63. The van der Waals surface area contributed by atoms with Crippen molar-refractivity contribution in [3.63, 3.8) is 0 Å². The van der Waals surface area contributed by atoms with Crippen molar-refractivity contribution in [3.8, 4) is 22.6 Å². The number of para-hydroxylation sites is 1. The molecule has 0 aromatic heterocycles. The van der Waals surface area contributed by atoms with Crippen molar-refractivity contribution in [1.82, 2.24) is 10.2 Å². The molecule has 0 radical (unpaired) electrons. The van der Waals surface area contributed by atoms with E-state index in [1.165, 1.54) is 5.56 Å². The van der Waals surface area contributed by atoms with Crippen molar-refractivity contribution in [2.75, 3.05) is 31.7 Å². The van der Waals surface area contributed by atoms with Crippen LogP contribution in [0.2, 0.25) is 0 Å². The van der Waals surface area contributed by atoms with Gasteiger partial charge in [-0.1, -0.05) is 68.4 Å². The van der Waals surface area contributed by atoms with Crippen LogP contribution in [0.15, 0.2) is 72.8 Å². The van der Waals surface area contributed by atoms with E-state index in [9.17, 15) is 4.79 Å². The fourth-order valence-electron chi connectivity index (χ4n) is 4.14. The van der Waals surface area contributed by atoms with Gasteiger partial charge < -0.3 is 20.1 Å². The molecular formula is C29H35N3O3. The van der Waals surface area contributed by atoms with Crippen molar-refractivity contribution in [2.45, 2.75) is 33.2 Å². The topological polar surface area (TPSA) is 62.8 Å². The second-order valence-electron chi connectivity index (χ2n) is 9.29. The number of urea groups is 1. The largest absolute Gasteiger partial charge is 0.454 e. The summed E-state index contributed by atoms with van der Waals surface area (Å²) in [5, 5.41) is 6.03. The van der Waals surface area contributed by atoms with Gasteiger partial charge in [0.2, 0.25) is 6.79 Å². The number of nitrogens with one attached hydrogen (secondary N) is 2. The van der Waals surface area contributed by atoms with E-state index in [0.717, 1.165) is 60.8 Å². The number of hydrogen-bond donors (Lipinski definition) is 2. The molecule has 4 rings (SSSR count). The number of fused-ring (bicyclic) bond motifs is 1. The van der Waals surface area contributed by atoms with Crippen molar-refractivity contribution >= 4 is 11.7 Å². The number of carbonyl (C=O) groups is 1. The van der Waals surface area contributed by atoms with Gasteiger partial charge in [-0.2, -0.15) is 0 Å². The number of anilines is 1. The minimum absolute atomic E-state index is 0.183. The number of hydrogen-bond acceptors (Lipinski definition) is 4. The van der Waals surface area contributed by atoms with E-state index in [1.54, 1.807) is 0 Å². The first-order chi connectivity index (χ1) is 17.1. The summed E-state index contributed by atoms with van der Waals surface area (Å²) < 4.78 is 11.0. The summed E-state index contributed by atoms with van der Waals surface area (Å²) in [5.74, 6) is 2.27. The Morgan fingerprint density at radius 2 is 1.71 bits per heavy atom. The zero-order valence-corrected chi connectivity index (χ0v) is 20.6. The average molecular weight is 474 g/mol. The van der Waals surface area contributed by atoms with Gasteiger partial charge in [0.25, 0.3) is 0 Å². The molecule has 3 aromatic carbocycles. The molecule has 184 valence electrons. The summed E-state index contributed by atoms with van der Waals surface area (Å²) in [5.41, 5.74) is 4.10. The van der Waals surface area contributed by atoms with Crippen LogP contribution < -0.4 is 20.1 Å². The molecule has 0 unspecified atom stereocenters. The monoisotopic (exact) mass is 473 g/mol.